The van der Waals surface area contributed by atoms with Crippen molar-refractivity contribution >= 4 is 11.3 Å². The summed E-state index contributed by atoms with van der Waals surface area (Å²) in [6, 6.07) is 4.29. The summed E-state index contributed by atoms with van der Waals surface area (Å²) in [5.41, 5.74) is 2.79. The zero-order valence-electron chi connectivity index (χ0n) is 6.54. The molecule has 0 atom stereocenters. The first kappa shape index (κ1) is 6.49. The van der Waals surface area contributed by atoms with Crippen LogP contribution in [0, 0.1) is 0 Å². The standard InChI is InChI=1S/C10H8OS/c1-2-9-8(3-5-11-9)10-7(1)4-6-12-10/h3-6H,1-2H2. The Hall–Kier alpha value is -1.02. The summed E-state index contributed by atoms with van der Waals surface area (Å²) in [5.74, 6) is 1.16. The minimum Gasteiger partial charge on any atom is -0.469 e. The number of hydrogen-bond acceptors (Lipinski definition) is 2. The molecule has 12 heavy (non-hydrogen) atoms. The van der Waals surface area contributed by atoms with Crippen LogP contribution < -0.4 is 0 Å². The lowest BCUT2D eigenvalue weighted by molar-refractivity contribution is 0.508. The summed E-state index contributed by atoms with van der Waals surface area (Å²) in [6.07, 6.45) is 3.99. The first-order valence-electron chi connectivity index (χ1n) is 4.08. The molecule has 1 aliphatic carbocycles. The van der Waals surface area contributed by atoms with Gasteiger partial charge in [0, 0.05) is 16.9 Å². The lowest BCUT2D eigenvalue weighted by Gasteiger charge is -2.09. The monoisotopic (exact) mass is 176 g/mol. The van der Waals surface area contributed by atoms with Crippen molar-refractivity contribution in [1.29, 1.82) is 0 Å². The predicted octanol–water partition coefficient (Wildman–Crippen LogP) is 3.11. The number of fused-ring (bicyclic) bond motifs is 3. The molecule has 1 nitrogen and oxygen atoms in total. The summed E-state index contributed by atoms with van der Waals surface area (Å²) in [5, 5.41) is 2.16. The average Bonchev–Trinajstić information content (AvgIpc) is 2.71. The van der Waals surface area contributed by atoms with Crippen LogP contribution in [0.2, 0.25) is 0 Å². The fourth-order valence-corrected chi connectivity index (χ4v) is 2.75. The molecule has 0 unspecified atom stereocenters. The van der Waals surface area contributed by atoms with E-state index in [0.29, 0.717) is 0 Å². The van der Waals surface area contributed by atoms with Crippen LogP contribution in [0.4, 0.5) is 0 Å². The van der Waals surface area contributed by atoms with Gasteiger partial charge >= 0.3 is 0 Å². The number of hydrogen-bond donors (Lipinski definition) is 0. The maximum Gasteiger partial charge on any atom is 0.112 e. The molecule has 0 bridgehead atoms. The molecular formula is C10H8OS. The van der Waals surface area contributed by atoms with Crippen molar-refractivity contribution in [3.05, 3.63) is 35.1 Å². The smallest absolute Gasteiger partial charge is 0.112 e. The molecule has 0 aliphatic heterocycles. The van der Waals surface area contributed by atoms with Gasteiger partial charge in [-0.3, -0.25) is 0 Å². The lowest BCUT2D eigenvalue weighted by Crippen LogP contribution is -1.97. The van der Waals surface area contributed by atoms with Gasteiger partial charge in [-0.2, -0.15) is 0 Å². The Morgan fingerprint density at radius 2 is 2.25 bits per heavy atom. The third-order valence-electron chi connectivity index (χ3n) is 2.36. The van der Waals surface area contributed by atoms with Crippen LogP contribution in [-0.4, -0.2) is 0 Å². The minimum atomic E-state index is 1.06. The van der Waals surface area contributed by atoms with Crippen LogP contribution in [0.5, 0.6) is 0 Å². The van der Waals surface area contributed by atoms with Crippen molar-refractivity contribution in [3.8, 4) is 10.4 Å². The Morgan fingerprint density at radius 1 is 1.25 bits per heavy atom. The van der Waals surface area contributed by atoms with Crippen molar-refractivity contribution in [3.63, 3.8) is 0 Å². The Bertz CT molecular complexity index is 371. The van der Waals surface area contributed by atoms with Crippen molar-refractivity contribution in [2.45, 2.75) is 12.8 Å². The number of thiophene rings is 1. The van der Waals surface area contributed by atoms with E-state index in [1.807, 2.05) is 11.3 Å². The van der Waals surface area contributed by atoms with Gasteiger partial charge in [-0.05, 0) is 29.5 Å². The summed E-state index contributed by atoms with van der Waals surface area (Å²) in [7, 11) is 0. The van der Waals surface area contributed by atoms with Gasteiger partial charge in [-0.1, -0.05) is 0 Å². The molecule has 0 saturated heterocycles. The molecule has 2 heterocycles. The number of furan rings is 1. The van der Waals surface area contributed by atoms with E-state index < -0.39 is 0 Å². The van der Waals surface area contributed by atoms with Gasteiger partial charge in [0.25, 0.3) is 0 Å². The summed E-state index contributed by atoms with van der Waals surface area (Å²) >= 11 is 1.81. The topological polar surface area (TPSA) is 13.1 Å². The van der Waals surface area contributed by atoms with Gasteiger partial charge in [-0.25, -0.2) is 0 Å². The zero-order valence-corrected chi connectivity index (χ0v) is 7.36. The molecule has 0 amide bonds. The van der Waals surface area contributed by atoms with Crippen LogP contribution in [0.15, 0.2) is 28.2 Å². The Labute approximate surface area is 74.6 Å². The molecule has 0 N–H and O–H groups in total. The molecule has 2 aromatic heterocycles. The predicted molar refractivity (Wildman–Crippen MR) is 49.4 cm³/mol. The fourth-order valence-electron chi connectivity index (χ4n) is 1.75. The first-order chi connectivity index (χ1) is 5.95. The molecule has 1 aliphatic rings. The maximum absolute atomic E-state index is 5.39. The van der Waals surface area contributed by atoms with E-state index in [-0.39, 0.29) is 0 Å². The zero-order chi connectivity index (χ0) is 7.97. The molecular weight excluding hydrogens is 168 g/mol. The van der Waals surface area contributed by atoms with E-state index >= 15 is 0 Å². The molecule has 3 rings (SSSR count). The van der Waals surface area contributed by atoms with Crippen LogP contribution in [0.1, 0.15) is 11.3 Å². The van der Waals surface area contributed by atoms with Crippen LogP contribution >= 0.6 is 11.3 Å². The van der Waals surface area contributed by atoms with Gasteiger partial charge in [0.05, 0.1) is 6.26 Å². The Morgan fingerprint density at radius 3 is 3.25 bits per heavy atom. The van der Waals surface area contributed by atoms with E-state index in [2.05, 4.69) is 17.5 Å². The van der Waals surface area contributed by atoms with Gasteiger partial charge in [0.15, 0.2) is 0 Å². The molecule has 0 radical (unpaired) electrons. The molecule has 0 saturated carbocycles. The quantitative estimate of drug-likeness (QED) is 0.601. The van der Waals surface area contributed by atoms with Gasteiger partial charge in [0.1, 0.15) is 5.76 Å². The second-order valence-electron chi connectivity index (χ2n) is 3.03. The SMILES string of the molecule is c1cc2c(o1)CCc1ccsc1-2. The minimum absolute atomic E-state index is 1.06. The Kier molecular flexibility index (Phi) is 1.21. The van der Waals surface area contributed by atoms with Gasteiger partial charge < -0.3 is 4.42 Å². The number of rotatable bonds is 0. The van der Waals surface area contributed by atoms with E-state index in [0.717, 1.165) is 18.6 Å². The van der Waals surface area contributed by atoms with E-state index in [1.165, 1.54) is 16.0 Å². The van der Waals surface area contributed by atoms with E-state index in [9.17, 15) is 0 Å². The summed E-state index contributed by atoms with van der Waals surface area (Å²) in [4.78, 5) is 1.41. The summed E-state index contributed by atoms with van der Waals surface area (Å²) < 4.78 is 5.39. The van der Waals surface area contributed by atoms with Crippen molar-refractivity contribution < 1.29 is 4.42 Å². The van der Waals surface area contributed by atoms with Crippen LogP contribution in [0.25, 0.3) is 10.4 Å². The molecule has 2 heteroatoms. The molecule has 0 fully saturated rings. The number of aryl methyl sites for hydroxylation is 2. The first-order valence-corrected chi connectivity index (χ1v) is 4.96. The van der Waals surface area contributed by atoms with E-state index in [1.54, 1.807) is 6.26 Å². The highest BCUT2D eigenvalue weighted by Crippen LogP contribution is 2.37. The highest BCUT2D eigenvalue weighted by Gasteiger charge is 2.18. The van der Waals surface area contributed by atoms with Gasteiger partial charge in [0.2, 0.25) is 0 Å². The van der Waals surface area contributed by atoms with Crippen molar-refractivity contribution in [2.24, 2.45) is 0 Å². The Balaban J connectivity index is 2.32. The summed E-state index contributed by atoms with van der Waals surface area (Å²) in [6.45, 7) is 0. The van der Waals surface area contributed by atoms with Crippen LogP contribution in [0.3, 0.4) is 0 Å². The molecule has 0 aromatic carbocycles. The normalized spacial score (nSPS) is 14.0. The molecule has 60 valence electrons. The third kappa shape index (κ3) is 0.730. The van der Waals surface area contributed by atoms with Crippen molar-refractivity contribution in [2.75, 3.05) is 0 Å². The second kappa shape index (κ2) is 2.23. The van der Waals surface area contributed by atoms with Crippen molar-refractivity contribution in [1.82, 2.24) is 0 Å². The highest BCUT2D eigenvalue weighted by molar-refractivity contribution is 7.13. The highest BCUT2D eigenvalue weighted by atomic mass is 32.1. The van der Waals surface area contributed by atoms with E-state index in [4.69, 9.17) is 4.42 Å². The maximum atomic E-state index is 5.39. The van der Waals surface area contributed by atoms with Gasteiger partial charge in [-0.15, -0.1) is 11.3 Å². The molecule has 0 spiro atoms. The van der Waals surface area contributed by atoms with Crippen LogP contribution in [-0.2, 0) is 12.8 Å². The lowest BCUT2D eigenvalue weighted by atomic mass is 9.98. The average molecular weight is 176 g/mol. The third-order valence-corrected chi connectivity index (χ3v) is 3.35. The molecule has 2 aromatic rings. The largest absolute Gasteiger partial charge is 0.469 e. The fraction of sp³-hybridized carbons (Fsp3) is 0.200. The second-order valence-corrected chi connectivity index (χ2v) is 3.95.